The van der Waals surface area contributed by atoms with Crippen molar-refractivity contribution in [3.8, 4) is 5.75 Å². The van der Waals surface area contributed by atoms with Crippen LogP contribution in [0.4, 0.5) is 34.5 Å². The van der Waals surface area contributed by atoms with Crippen molar-refractivity contribution in [2.24, 2.45) is 0 Å². The number of ether oxygens (including phenoxy) is 1. The highest BCUT2D eigenvalue weighted by molar-refractivity contribution is 6.43. The van der Waals surface area contributed by atoms with E-state index in [0.29, 0.717) is 52.7 Å². The minimum atomic E-state index is -0.492. The number of rotatable bonds is 8. The molecular formula is C26H27Cl2N7O3. The molecule has 2 heterocycles. The largest absolute Gasteiger partial charge is 0.494 e. The molecule has 1 aliphatic rings. The molecule has 0 unspecified atom stereocenters. The molecule has 0 radical (unpaired) electrons. The number of hydrogen-bond acceptors (Lipinski definition) is 8. The quantitative estimate of drug-likeness (QED) is 0.333. The Hall–Kier alpha value is -4.02. The maximum atomic E-state index is 11.8. The zero-order valence-corrected chi connectivity index (χ0v) is 22.4. The molecule has 10 nitrogen and oxygen atoms in total. The summed E-state index contributed by atoms with van der Waals surface area (Å²) in [5.74, 6) is 0.896. The van der Waals surface area contributed by atoms with Gasteiger partial charge in [0, 0.05) is 56.2 Å². The van der Waals surface area contributed by atoms with Gasteiger partial charge in [-0.05, 0) is 30.3 Å². The average Bonchev–Trinajstić information content (AvgIpc) is 2.91. The first-order chi connectivity index (χ1) is 18.2. The molecule has 0 atom stereocenters. The van der Waals surface area contributed by atoms with Crippen molar-refractivity contribution in [1.82, 2.24) is 14.9 Å². The van der Waals surface area contributed by atoms with Gasteiger partial charge in [-0.15, -0.1) is 0 Å². The van der Waals surface area contributed by atoms with Crippen LogP contribution in [0, 0.1) is 0 Å². The number of benzene rings is 2. The van der Waals surface area contributed by atoms with E-state index < -0.39 is 5.91 Å². The van der Waals surface area contributed by atoms with E-state index in [1.165, 1.54) is 6.20 Å². The fourth-order valence-corrected chi connectivity index (χ4v) is 4.09. The second-order valence-corrected chi connectivity index (χ2v) is 9.32. The number of carbonyl (C=O) groups excluding carboxylic acids is 2. The number of anilines is 6. The lowest BCUT2D eigenvalue weighted by Gasteiger charge is -2.35. The van der Waals surface area contributed by atoms with E-state index in [1.807, 2.05) is 23.1 Å². The van der Waals surface area contributed by atoms with Crippen LogP contribution in [0.5, 0.6) is 5.75 Å². The van der Waals surface area contributed by atoms with Crippen molar-refractivity contribution in [3.05, 3.63) is 65.3 Å². The van der Waals surface area contributed by atoms with Gasteiger partial charge < -0.3 is 30.5 Å². The Morgan fingerprint density at radius 1 is 1.05 bits per heavy atom. The summed E-state index contributed by atoms with van der Waals surface area (Å²) in [7, 11) is 1.60. The van der Waals surface area contributed by atoms with E-state index in [4.69, 9.17) is 27.9 Å². The van der Waals surface area contributed by atoms with Crippen molar-refractivity contribution in [2.45, 2.75) is 6.92 Å². The zero-order valence-electron chi connectivity index (χ0n) is 20.9. The van der Waals surface area contributed by atoms with Gasteiger partial charge in [0.15, 0.2) is 5.82 Å². The van der Waals surface area contributed by atoms with Crippen molar-refractivity contribution >= 4 is 69.5 Å². The topological polar surface area (TPSA) is 112 Å². The summed E-state index contributed by atoms with van der Waals surface area (Å²) in [6.07, 6.45) is 1.48. The number of nitrogens with one attached hydrogen (secondary N) is 3. The minimum Gasteiger partial charge on any atom is -0.494 e. The van der Waals surface area contributed by atoms with Gasteiger partial charge >= 0.3 is 0 Å². The predicted octanol–water partition coefficient (Wildman–Crippen LogP) is 4.99. The van der Waals surface area contributed by atoms with Gasteiger partial charge in [0.25, 0.3) is 5.91 Å². The highest BCUT2D eigenvalue weighted by atomic mass is 35.5. The Balaban J connectivity index is 1.48. The molecule has 12 heteroatoms. The lowest BCUT2D eigenvalue weighted by molar-refractivity contribution is -0.129. The number of methoxy groups -OCH3 is 1. The Bertz CT molecular complexity index is 1360. The fraction of sp³-hybridized carbons (Fsp3) is 0.231. The van der Waals surface area contributed by atoms with E-state index in [1.54, 1.807) is 38.3 Å². The number of piperazine rings is 1. The Labute approximate surface area is 230 Å². The molecule has 1 fully saturated rings. The molecule has 3 aromatic rings. The van der Waals surface area contributed by atoms with Gasteiger partial charge in [-0.1, -0.05) is 35.8 Å². The van der Waals surface area contributed by atoms with Crippen molar-refractivity contribution < 1.29 is 14.3 Å². The van der Waals surface area contributed by atoms with Gasteiger partial charge in [0.2, 0.25) is 11.9 Å². The number of carbonyl (C=O) groups is 2. The molecule has 0 spiro atoms. The van der Waals surface area contributed by atoms with Crippen LogP contribution in [0.3, 0.4) is 0 Å². The lowest BCUT2D eigenvalue weighted by Crippen LogP contribution is -2.48. The molecule has 4 rings (SSSR count). The van der Waals surface area contributed by atoms with Crippen LogP contribution < -0.4 is 25.6 Å². The lowest BCUT2D eigenvalue weighted by atomic mass is 10.2. The van der Waals surface area contributed by atoms with Gasteiger partial charge in [0.05, 0.1) is 24.0 Å². The first-order valence-electron chi connectivity index (χ1n) is 11.7. The first-order valence-corrected chi connectivity index (χ1v) is 12.5. The van der Waals surface area contributed by atoms with Crippen molar-refractivity contribution in [2.75, 3.05) is 54.1 Å². The van der Waals surface area contributed by atoms with Gasteiger partial charge in [0.1, 0.15) is 10.8 Å². The van der Waals surface area contributed by atoms with Crippen LogP contribution in [-0.2, 0) is 9.59 Å². The molecule has 2 aromatic carbocycles. The molecule has 0 bridgehead atoms. The Morgan fingerprint density at radius 3 is 2.47 bits per heavy atom. The molecule has 1 aliphatic heterocycles. The summed E-state index contributed by atoms with van der Waals surface area (Å²) >= 11 is 12.0. The third-order valence-electron chi connectivity index (χ3n) is 5.90. The SMILES string of the molecule is C=C(Cl)C(=O)Nc1cccc(Nc2nc(Nc3ccc(N4CCN(C(C)=O)CC4)cc3OC)ncc2Cl)c1. The van der Waals surface area contributed by atoms with E-state index >= 15 is 0 Å². The molecule has 3 N–H and O–H groups in total. The third kappa shape index (κ3) is 6.64. The summed E-state index contributed by atoms with van der Waals surface area (Å²) in [6.45, 7) is 7.87. The monoisotopic (exact) mass is 555 g/mol. The van der Waals surface area contributed by atoms with E-state index in [0.717, 1.165) is 18.8 Å². The number of aromatic nitrogens is 2. The number of nitrogens with zero attached hydrogens (tertiary/aromatic N) is 4. The molecule has 1 aromatic heterocycles. The molecular weight excluding hydrogens is 529 g/mol. The smallest absolute Gasteiger partial charge is 0.266 e. The normalized spacial score (nSPS) is 13.1. The predicted molar refractivity (Wildman–Crippen MR) is 151 cm³/mol. The second-order valence-electron chi connectivity index (χ2n) is 8.46. The molecule has 0 saturated carbocycles. The van der Waals surface area contributed by atoms with Crippen LogP contribution in [-0.4, -0.2) is 60.0 Å². The standard InChI is InChI=1S/C26H27Cl2N7O3/c1-16(27)25(37)31-19-6-4-5-18(13-19)30-24-21(28)15-29-26(33-24)32-22-8-7-20(14-23(22)38-3)35-11-9-34(10-12-35)17(2)36/h4-8,13-15H,1,9-12H2,2-3H3,(H,31,37)(H2,29,30,32,33). The highest BCUT2D eigenvalue weighted by Crippen LogP contribution is 2.33. The van der Waals surface area contributed by atoms with Gasteiger partial charge in [-0.2, -0.15) is 4.98 Å². The number of hydrogen-bond donors (Lipinski definition) is 3. The van der Waals surface area contributed by atoms with Crippen molar-refractivity contribution in [3.63, 3.8) is 0 Å². The average molecular weight is 556 g/mol. The Kier molecular flexibility index (Phi) is 8.55. The maximum Gasteiger partial charge on any atom is 0.266 e. The zero-order chi connectivity index (χ0) is 27.2. The molecule has 38 heavy (non-hydrogen) atoms. The Morgan fingerprint density at radius 2 is 1.79 bits per heavy atom. The van der Waals surface area contributed by atoms with Crippen LogP contribution in [0.15, 0.2) is 60.3 Å². The highest BCUT2D eigenvalue weighted by Gasteiger charge is 2.20. The van der Waals surface area contributed by atoms with Crippen LogP contribution >= 0.6 is 23.2 Å². The molecule has 1 saturated heterocycles. The summed E-state index contributed by atoms with van der Waals surface area (Å²) in [4.78, 5) is 36.3. The second kappa shape index (κ2) is 12.0. The van der Waals surface area contributed by atoms with Gasteiger partial charge in [-0.25, -0.2) is 4.98 Å². The maximum absolute atomic E-state index is 11.8. The molecule has 0 aliphatic carbocycles. The fourth-order valence-electron chi connectivity index (χ4n) is 3.91. The van der Waals surface area contributed by atoms with Crippen LogP contribution in [0.2, 0.25) is 5.02 Å². The summed E-state index contributed by atoms with van der Waals surface area (Å²) < 4.78 is 5.62. The molecule has 2 amide bonds. The van der Waals surface area contributed by atoms with E-state index in [-0.39, 0.29) is 10.9 Å². The summed E-state index contributed by atoms with van der Waals surface area (Å²) in [5.41, 5.74) is 2.84. The summed E-state index contributed by atoms with van der Waals surface area (Å²) in [6, 6.07) is 12.8. The van der Waals surface area contributed by atoms with E-state index in [9.17, 15) is 9.59 Å². The minimum absolute atomic E-state index is 0.0932. The first kappa shape index (κ1) is 27.0. The summed E-state index contributed by atoms with van der Waals surface area (Å²) in [5, 5.41) is 9.17. The van der Waals surface area contributed by atoms with Gasteiger partial charge in [-0.3, -0.25) is 9.59 Å². The number of amides is 2. The molecule has 198 valence electrons. The van der Waals surface area contributed by atoms with E-state index in [2.05, 4.69) is 37.4 Å². The third-order valence-corrected chi connectivity index (χ3v) is 6.34. The van der Waals surface area contributed by atoms with Crippen LogP contribution in [0.25, 0.3) is 0 Å². The number of halogens is 2. The van der Waals surface area contributed by atoms with Crippen LogP contribution in [0.1, 0.15) is 6.92 Å². The van der Waals surface area contributed by atoms with Crippen molar-refractivity contribution in [1.29, 1.82) is 0 Å².